The maximum atomic E-state index is 13.5. The topological polar surface area (TPSA) is 49.4 Å². The fourth-order valence-electron chi connectivity index (χ4n) is 3.56. The molecule has 1 aliphatic carbocycles. The Morgan fingerprint density at radius 2 is 1.92 bits per heavy atom. The Balaban J connectivity index is 1.64. The summed E-state index contributed by atoms with van der Waals surface area (Å²) in [6.45, 7) is 0.608. The number of hydrogen-bond donors (Lipinski definition) is 1. The van der Waals surface area contributed by atoms with Gasteiger partial charge in [0, 0.05) is 31.0 Å². The Bertz CT molecular complexity index is 606. The zero-order valence-electron chi connectivity index (χ0n) is 13.5. The average molecular weight is 336 g/mol. The van der Waals surface area contributed by atoms with Gasteiger partial charge in [0.15, 0.2) is 0 Å². The van der Waals surface area contributed by atoms with Gasteiger partial charge in [-0.2, -0.15) is 0 Å². The van der Waals surface area contributed by atoms with Crippen LogP contribution in [0.4, 0.5) is 14.5 Å². The summed E-state index contributed by atoms with van der Waals surface area (Å²) >= 11 is 0. The van der Waals surface area contributed by atoms with E-state index in [2.05, 4.69) is 5.32 Å². The number of amides is 2. The lowest BCUT2D eigenvalue weighted by atomic mass is 9.85. The highest BCUT2D eigenvalue weighted by atomic mass is 19.3. The van der Waals surface area contributed by atoms with E-state index in [9.17, 15) is 18.4 Å². The highest BCUT2D eigenvalue weighted by Crippen LogP contribution is 2.36. The predicted molar refractivity (Wildman–Crippen MR) is 86.9 cm³/mol. The molecular formula is C18H22F2N2O2. The van der Waals surface area contributed by atoms with Crippen molar-refractivity contribution < 1.29 is 18.4 Å². The lowest BCUT2D eigenvalue weighted by molar-refractivity contribution is -0.135. The molecule has 1 saturated heterocycles. The van der Waals surface area contributed by atoms with Gasteiger partial charge in [0.25, 0.3) is 0 Å². The highest BCUT2D eigenvalue weighted by molar-refractivity contribution is 6.00. The molecule has 1 aromatic carbocycles. The molecule has 1 aliphatic heterocycles. The molecular weight excluding hydrogens is 314 g/mol. The zero-order valence-corrected chi connectivity index (χ0v) is 13.5. The third-order valence-corrected chi connectivity index (χ3v) is 4.83. The molecule has 2 atom stereocenters. The summed E-state index contributed by atoms with van der Waals surface area (Å²) in [5, 5.41) is 2.71. The molecule has 0 aromatic heterocycles. The van der Waals surface area contributed by atoms with Crippen LogP contribution in [0.2, 0.25) is 0 Å². The SMILES string of the molecule is O=C(N[C@@H]1CCCN(c2ccccc2)C1=O)[C@@H]1CCCC(F)(F)C1. The second kappa shape index (κ2) is 6.87. The summed E-state index contributed by atoms with van der Waals surface area (Å²) in [6, 6.07) is 8.67. The number of hydrogen-bond acceptors (Lipinski definition) is 2. The summed E-state index contributed by atoms with van der Waals surface area (Å²) in [7, 11) is 0. The number of carbonyl (C=O) groups is 2. The second-order valence-electron chi connectivity index (χ2n) is 6.68. The lowest BCUT2D eigenvalue weighted by Gasteiger charge is -2.34. The molecule has 1 aromatic rings. The van der Waals surface area contributed by atoms with Crippen LogP contribution in [0, 0.1) is 5.92 Å². The van der Waals surface area contributed by atoms with E-state index in [1.54, 1.807) is 4.90 Å². The first-order chi connectivity index (χ1) is 11.5. The monoisotopic (exact) mass is 336 g/mol. The molecule has 2 fully saturated rings. The van der Waals surface area contributed by atoms with Crippen molar-refractivity contribution in [3.63, 3.8) is 0 Å². The molecule has 6 heteroatoms. The van der Waals surface area contributed by atoms with Gasteiger partial charge in [0.1, 0.15) is 6.04 Å². The lowest BCUT2D eigenvalue weighted by Crippen LogP contribution is -2.54. The van der Waals surface area contributed by atoms with Crippen molar-refractivity contribution in [3.8, 4) is 0 Å². The third kappa shape index (κ3) is 3.74. The van der Waals surface area contributed by atoms with E-state index < -0.39 is 30.2 Å². The summed E-state index contributed by atoms with van der Waals surface area (Å²) in [4.78, 5) is 26.6. The van der Waals surface area contributed by atoms with Gasteiger partial charge in [-0.05, 0) is 37.8 Å². The van der Waals surface area contributed by atoms with Crippen LogP contribution in [0.15, 0.2) is 30.3 Å². The fourth-order valence-corrected chi connectivity index (χ4v) is 3.56. The van der Waals surface area contributed by atoms with Gasteiger partial charge >= 0.3 is 0 Å². The van der Waals surface area contributed by atoms with Gasteiger partial charge in [-0.15, -0.1) is 0 Å². The number of nitrogens with one attached hydrogen (secondary N) is 1. The van der Waals surface area contributed by atoms with E-state index in [-0.39, 0.29) is 12.3 Å². The van der Waals surface area contributed by atoms with Crippen LogP contribution >= 0.6 is 0 Å². The highest BCUT2D eigenvalue weighted by Gasteiger charge is 2.40. The molecule has 3 rings (SSSR count). The van der Waals surface area contributed by atoms with Crippen LogP contribution in [0.3, 0.4) is 0 Å². The summed E-state index contributed by atoms with van der Waals surface area (Å²) in [5.74, 6) is -4.05. The smallest absolute Gasteiger partial charge is 0.249 e. The number of carbonyl (C=O) groups excluding carboxylic acids is 2. The number of halogens is 2. The summed E-state index contributed by atoms with van der Waals surface area (Å²) in [6.07, 6.45) is 1.57. The summed E-state index contributed by atoms with van der Waals surface area (Å²) in [5.41, 5.74) is 0.797. The Hall–Kier alpha value is -1.98. The van der Waals surface area contributed by atoms with Gasteiger partial charge in [-0.25, -0.2) is 8.78 Å². The number of piperidine rings is 1. The molecule has 4 nitrogen and oxygen atoms in total. The van der Waals surface area contributed by atoms with E-state index in [1.165, 1.54) is 0 Å². The Morgan fingerprint density at radius 1 is 1.17 bits per heavy atom. The van der Waals surface area contributed by atoms with Crippen molar-refractivity contribution in [2.24, 2.45) is 5.92 Å². The van der Waals surface area contributed by atoms with Crippen molar-refractivity contribution >= 4 is 17.5 Å². The minimum absolute atomic E-state index is 0.152. The maximum Gasteiger partial charge on any atom is 0.249 e. The molecule has 24 heavy (non-hydrogen) atoms. The third-order valence-electron chi connectivity index (χ3n) is 4.83. The molecule has 0 bridgehead atoms. The van der Waals surface area contributed by atoms with Crippen LogP contribution in [-0.4, -0.2) is 30.3 Å². The molecule has 130 valence electrons. The minimum atomic E-state index is -2.77. The van der Waals surface area contributed by atoms with Gasteiger partial charge in [0.2, 0.25) is 17.7 Å². The van der Waals surface area contributed by atoms with E-state index in [0.717, 1.165) is 12.1 Å². The van der Waals surface area contributed by atoms with Gasteiger partial charge in [0.05, 0.1) is 0 Å². The zero-order chi connectivity index (χ0) is 17.2. The van der Waals surface area contributed by atoms with E-state index in [0.29, 0.717) is 25.8 Å². The Labute approximate surface area is 140 Å². The number of alkyl halides is 2. The Morgan fingerprint density at radius 3 is 2.62 bits per heavy atom. The number of rotatable bonds is 3. The largest absolute Gasteiger partial charge is 0.344 e. The standard InChI is InChI=1S/C18H22F2N2O2/c19-18(20)10-4-6-13(12-18)16(23)21-15-9-5-11-22(17(15)24)14-7-2-1-3-8-14/h1-3,7-8,13,15H,4-6,9-12H2,(H,21,23)/t13-,15-/m1/s1. The minimum Gasteiger partial charge on any atom is -0.344 e. The average Bonchev–Trinajstić information content (AvgIpc) is 2.56. The van der Waals surface area contributed by atoms with Gasteiger partial charge < -0.3 is 10.2 Å². The normalized spacial score (nSPS) is 26.9. The molecule has 1 saturated carbocycles. The maximum absolute atomic E-state index is 13.5. The van der Waals surface area contributed by atoms with Crippen LogP contribution in [-0.2, 0) is 9.59 Å². The molecule has 0 spiro atoms. The number of nitrogens with zero attached hydrogens (tertiary/aromatic N) is 1. The summed E-state index contributed by atoms with van der Waals surface area (Å²) < 4.78 is 27.0. The van der Waals surface area contributed by atoms with Crippen LogP contribution in [0.1, 0.15) is 38.5 Å². The van der Waals surface area contributed by atoms with Crippen molar-refractivity contribution in [1.29, 1.82) is 0 Å². The molecule has 1 heterocycles. The van der Waals surface area contributed by atoms with Crippen LogP contribution in [0.5, 0.6) is 0 Å². The molecule has 2 aliphatic rings. The molecule has 0 unspecified atom stereocenters. The van der Waals surface area contributed by atoms with Gasteiger partial charge in [-0.3, -0.25) is 9.59 Å². The molecule has 1 N–H and O–H groups in total. The first-order valence-electron chi connectivity index (χ1n) is 8.51. The number of benzene rings is 1. The van der Waals surface area contributed by atoms with Crippen LogP contribution < -0.4 is 10.2 Å². The van der Waals surface area contributed by atoms with Gasteiger partial charge in [-0.1, -0.05) is 18.2 Å². The van der Waals surface area contributed by atoms with Crippen molar-refractivity contribution in [2.45, 2.75) is 50.5 Å². The predicted octanol–water partition coefficient (Wildman–Crippen LogP) is 3.12. The van der Waals surface area contributed by atoms with Crippen LogP contribution in [0.25, 0.3) is 0 Å². The number of anilines is 1. The first-order valence-corrected chi connectivity index (χ1v) is 8.51. The first kappa shape index (κ1) is 16.9. The van der Waals surface area contributed by atoms with E-state index >= 15 is 0 Å². The van der Waals surface area contributed by atoms with Crippen molar-refractivity contribution in [2.75, 3.05) is 11.4 Å². The fraction of sp³-hybridized carbons (Fsp3) is 0.556. The second-order valence-corrected chi connectivity index (χ2v) is 6.68. The molecule has 2 amide bonds. The quantitative estimate of drug-likeness (QED) is 0.922. The van der Waals surface area contributed by atoms with Crippen molar-refractivity contribution in [1.82, 2.24) is 5.32 Å². The van der Waals surface area contributed by atoms with E-state index in [4.69, 9.17) is 0 Å². The van der Waals surface area contributed by atoms with Crippen molar-refractivity contribution in [3.05, 3.63) is 30.3 Å². The Kier molecular flexibility index (Phi) is 4.83. The molecule has 0 radical (unpaired) electrons. The number of para-hydroxylation sites is 1. The van der Waals surface area contributed by atoms with E-state index in [1.807, 2.05) is 30.3 Å².